The minimum absolute atomic E-state index is 0.214. The largest absolute Gasteiger partial charge is 0.465 e. The van der Waals surface area contributed by atoms with Gasteiger partial charge in [-0.2, -0.15) is 0 Å². The van der Waals surface area contributed by atoms with E-state index in [-0.39, 0.29) is 12.1 Å². The molecule has 0 bridgehead atoms. The predicted molar refractivity (Wildman–Crippen MR) is 103 cm³/mol. The third-order valence-electron chi connectivity index (χ3n) is 2.59. The molecule has 0 amide bonds. The van der Waals surface area contributed by atoms with E-state index in [1.165, 1.54) is 0 Å². The second kappa shape index (κ2) is 12.9. The first-order chi connectivity index (χ1) is 11.2. The summed E-state index contributed by atoms with van der Waals surface area (Å²) in [6.07, 6.45) is 1.82. The van der Waals surface area contributed by atoms with Gasteiger partial charge in [0, 0.05) is 24.2 Å². The third-order valence-corrected chi connectivity index (χ3v) is 2.59. The van der Waals surface area contributed by atoms with E-state index in [9.17, 15) is 0 Å². The van der Waals surface area contributed by atoms with Gasteiger partial charge in [-0.15, -0.1) is 0 Å². The lowest BCUT2D eigenvalue weighted by Crippen LogP contribution is -2.34. The zero-order chi connectivity index (χ0) is 18.5. The fourth-order valence-electron chi connectivity index (χ4n) is 1.74. The number of amidine groups is 2. The van der Waals surface area contributed by atoms with Gasteiger partial charge >= 0.3 is 0 Å². The summed E-state index contributed by atoms with van der Waals surface area (Å²) >= 11 is 0. The fourth-order valence-corrected chi connectivity index (χ4v) is 1.74. The summed E-state index contributed by atoms with van der Waals surface area (Å²) in [4.78, 5) is 8.90. The van der Waals surface area contributed by atoms with Crippen LogP contribution in [0, 0.1) is 0 Å². The van der Waals surface area contributed by atoms with Crippen molar-refractivity contribution in [2.75, 3.05) is 13.2 Å². The highest BCUT2D eigenvalue weighted by Crippen LogP contribution is 1.97. The Bertz CT molecular complexity index is 341. The molecule has 0 aromatic rings. The number of nitrogens with one attached hydrogen (secondary N) is 2. The van der Waals surface area contributed by atoms with Crippen LogP contribution in [-0.2, 0) is 9.47 Å². The van der Waals surface area contributed by atoms with Crippen molar-refractivity contribution < 1.29 is 9.47 Å². The summed E-state index contributed by atoms with van der Waals surface area (Å²) in [7, 11) is 0. The molecule has 0 aliphatic heterocycles. The third kappa shape index (κ3) is 14.2. The molecule has 0 heterocycles. The summed E-state index contributed by atoms with van der Waals surface area (Å²) < 4.78 is 11.5. The van der Waals surface area contributed by atoms with E-state index in [4.69, 9.17) is 9.47 Å². The zero-order valence-corrected chi connectivity index (χ0v) is 16.8. The van der Waals surface area contributed by atoms with Crippen LogP contribution in [0.5, 0.6) is 0 Å². The second-order valence-corrected chi connectivity index (χ2v) is 7.06. The van der Waals surface area contributed by atoms with Gasteiger partial charge in [0.1, 0.15) is 0 Å². The van der Waals surface area contributed by atoms with Crippen molar-refractivity contribution in [2.24, 2.45) is 9.98 Å². The maximum atomic E-state index is 5.74. The monoisotopic (exact) mass is 342 g/mol. The van der Waals surface area contributed by atoms with E-state index in [1.807, 2.05) is 27.7 Å². The predicted octanol–water partition coefficient (Wildman–Crippen LogP) is 3.32. The molecule has 6 nitrogen and oxygen atoms in total. The number of ether oxygens (including phenoxy) is 2. The first-order valence-electron chi connectivity index (χ1n) is 9.15. The first kappa shape index (κ1) is 22.5. The lowest BCUT2D eigenvalue weighted by Gasteiger charge is -2.16. The molecule has 0 spiro atoms. The van der Waals surface area contributed by atoms with Crippen molar-refractivity contribution in [1.29, 1.82) is 0 Å². The van der Waals surface area contributed by atoms with E-state index in [1.54, 1.807) is 0 Å². The number of hydrogen-bond donors (Lipinski definition) is 2. The van der Waals surface area contributed by atoms with Gasteiger partial charge in [-0.3, -0.25) is 0 Å². The molecule has 0 saturated heterocycles. The Morgan fingerprint density at radius 1 is 0.667 bits per heavy atom. The Hall–Kier alpha value is -1.46. The molecule has 0 fully saturated rings. The van der Waals surface area contributed by atoms with Crippen LogP contribution in [0.3, 0.4) is 0 Å². The molecule has 0 aliphatic rings. The molecule has 0 atom stereocenters. The molecule has 142 valence electrons. The fraction of sp³-hybridized carbons (Fsp3) is 0.889. The van der Waals surface area contributed by atoms with Crippen LogP contribution in [0.1, 0.15) is 68.2 Å². The van der Waals surface area contributed by atoms with Gasteiger partial charge in [0.15, 0.2) is 0 Å². The average molecular weight is 343 g/mol. The van der Waals surface area contributed by atoms with Gasteiger partial charge in [-0.05, 0) is 68.2 Å². The molecule has 0 aromatic heterocycles. The van der Waals surface area contributed by atoms with Crippen molar-refractivity contribution in [3.05, 3.63) is 0 Å². The quantitative estimate of drug-likeness (QED) is 0.383. The van der Waals surface area contributed by atoms with Crippen LogP contribution in [0.25, 0.3) is 0 Å². The van der Waals surface area contributed by atoms with Crippen LogP contribution >= 0.6 is 0 Å². The van der Waals surface area contributed by atoms with Crippen molar-refractivity contribution >= 4 is 12.0 Å². The number of aliphatic imine (C=N–C) groups is 2. The highest BCUT2D eigenvalue weighted by molar-refractivity contribution is 5.74. The van der Waals surface area contributed by atoms with Gasteiger partial charge < -0.3 is 20.1 Å². The van der Waals surface area contributed by atoms with Gasteiger partial charge in [-0.25, -0.2) is 9.98 Å². The second-order valence-electron chi connectivity index (χ2n) is 7.06. The van der Waals surface area contributed by atoms with Crippen molar-refractivity contribution in [1.82, 2.24) is 10.6 Å². The average Bonchev–Trinajstić information content (AvgIpc) is 2.39. The number of nitrogens with zero attached hydrogens (tertiary/aromatic N) is 2. The molecule has 0 radical (unpaired) electrons. The van der Waals surface area contributed by atoms with Crippen LogP contribution in [-0.4, -0.2) is 49.4 Å². The molecule has 0 unspecified atom stereocenters. The van der Waals surface area contributed by atoms with Gasteiger partial charge in [0.25, 0.3) is 12.0 Å². The molecule has 0 saturated carbocycles. The Morgan fingerprint density at radius 3 is 1.25 bits per heavy atom. The standard InChI is InChI=1S/C18H38N4O2/c1-13(2)19-17(20-14(3)4)23-11-9-10-12-24-18(21-15(5)6)22-16(7)8/h13-16H,9-12H2,1-8H3,(H,19,20)(H,21,22). The van der Waals surface area contributed by atoms with Gasteiger partial charge in [0.2, 0.25) is 0 Å². The summed E-state index contributed by atoms with van der Waals surface area (Å²) in [5.41, 5.74) is 0. The zero-order valence-electron chi connectivity index (χ0n) is 16.8. The molecule has 0 aliphatic carbocycles. The SMILES string of the molecule is CC(C)N=C(NC(C)C)OCCCCOC(=NC(C)C)NC(C)C. The van der Waals surface area contributed by atoms with Crippen LogP contribution in [0.4, 0.5) is 0 Å². The van der Waals surface area contributed by atoms with Crippen LogP contribution in [0.15, 0.2) is 9.98 Å². The normalized spacial score (nSPS) is 13.2. The van der Waals surface area contributed by atoms with Crippen LogP contribution in [0.2, 0.25) is 0 Å². The van der Waals surface area contributed by atoms with E-state index >= 15 is 0 Å². The van der Waals surface area contributed by atoms with Crippen molar-refractivity contribution in [3.8, 4) is 0 Å². The smallest absolute Gasteiger partial charge is 0.285 e. The lowest BCUT2D eigenvalue weighted by molar-refractivity contribution is 0.236. The van der Waals surface area contributed by atoms with Crippen molar-refractivity contribution in [3.63, 3.8) is 0 Å². The minimum Gasteiger partial charge on any atom is -0.465 e. The van der Waals surface area contributed by atoms with E-state index in [2.05, 4.69) is 48.3 Å². The maximum Gasteiger partial charge on any atom is 0.285 e. The minimum atomic E-state index is 0.214. The molecule has 24 heavy (non-hydrogen) atoms. The number of hydrogen-bond acceptors (Lipinski definition) is 4. The van der Waals surface area contributed by atoms with E-state index in [0.717, 1.165) is 12.8 Å². The van der Waals surface area contributed by atoms with Gasteiger partial charge in [-0.1, -0.05) is 0 Å². The topological polar surface area (TPSA) is 67.2 Å². The lowest BCUT2D eigenvalue weighted by atomic mass is 10.3. The Morgan fingerprint density at radius 2 is 1.00 bits per heavy atom. The molecule has 6 heteroatoms. The van der Waals surface area contributed by atoms with E-state index < -0.39 is 0 Å². The first-order valence-corrected chi connectivity index (χ1v) is 9.15. The van der Waals surface area contributed by atoms with Crippen LogP contribution < -0.4 is 10.6 Å². The molecular weight excluding hydrogens is 304 g/mol. The molecule has 0 rings (SSSR count). The molecule has 2 N–H and O–H groups in total. The summed E-state index contributed by atoms with van der Waals surface area (Å²) in [6, 6.07) is 2.30. The molecular formula is C18H38N4O2. The highest BCUT2D eigenvalue weighted by atomic mass is 16.5. The summed E-state index contributed by atoms with van der Waals surface area (Å²) in [6.45, 7) is 17.7. The number of unbranched alkanes of at least 4 members (excludes halogenated alkanes) is 1. The van der Waals surface area contributed by atoms with Crippen molar-refractivity contribution in [2.45, 2.75) is 92.4 Å². The summed E-state index contributed by atoms with van der Waals surface area (Å²) in [5, 5.41) is 6.46. The van der Waals surface area contributed by atoms with Gasteiger partial charge in [0.05, 0.1) is 13.2 Å². The Kier molecular flexibility index (Phi) is 12.1. The Balaban J connectivity index is 4.10. The number of rotatable bonds is 9. The highest BCUT2D eigenvalue weighted by Gasteiger charge is 2.06. The Labute approximate surface area is 148 Å². The molecule has 0 aromatic carbocycles. The summed E-state index contributed by atoms with van der Waals surface area (Å²) in [5.74, 6) is 0. The maximum absolute atomic E-state index is 5.74. The van der Waals surface area contributed by atoms with E-state index in [0.29, 0.717) is 37.3 Å².